The highest BCUT2D eigenvalue weighted by Crippen LogP contribution is 2.22. The zero-order valence-corrected chi connectivity index (χ0v) is 11.7. The number of hydrogen-bond acceptors (Lipinski definition) is 3. The number of halogens is 2. The van der Waals surface area contributed by atoms with E-state index in [9.17, 15) is 9.59 Å². The van der Waals surface area contributed by atoms with Gasteiger partial charge in [-0.25, -0.2) is 0 Å². The number of aldehydes is 1. The number of benzene rings is 1. The second kappa shape index (κ2) is 7.92. The van der Waals surface area contributed by atoms with Gasteiger partial charge in [-0.15, -0.1) is 0 Å². The molecule has 6 heteroatoms. The summed E-state index contributed by atoms with van der Waals surface area (Å²) in [4.78, 5) is 25.8. The van der Waals surface area contributed by atoms with Crippen molar-refractivity contribution in [2.75, 3.05) is 6.54 Å². The third-order valence-corrected chi connectivity index (χ3v) is 2.99. The van der Waals surface area contributed by atoms with Crippen LogP contribution in [-0.2, 0) is 4.79 Å². The normalized spacial score (nSPS) is 11.4. The van der Waals surface area contributed by atoms with Gasteiger partial charge in [-0.1, -0.05) is 23.2 Å². The molecule has 0 aliphatic rings. The lowest BCUT2D eigenvalue weighted by atomic mass is 10.1. The molecular formula is C13H14Cl2N2O2. The molecule has 0 spiro atoms. The van der Waals surface area contributed by atoms with E-state index in [1.807, 2.05) is 0 Å². The van der Waals surface area contributed by atoms with Crippen molar-refractivity contribution < 1.29 is 9.59 Å². The molecular weight excluding hydrogens is 287 g/mol. The van der Waals surface area contributed by atoms with Gasteiger partial charge in [0, 0.05) is 23.4 Å². The number of nitrogens with two attached hydrogens (primary N) is 1. The molecule has 0 bridgehead atoms. The Labute approximate surface area is 121 Å². The summed E-state index contributed by atoms with van der Waals surface area (Å²) < 4.78 is 0. The van der Waals surface area contributed by atoms with Gasteiger partial charge in [-0.05, 0) is 24.6 Å². The predicted molar refractivity (Wildman–Crippen MR) is 77.2 cm³/mol. The van der Waals surface area contributed by atoms with E-state index >= 15 is 0 Å². The van der Waals surface area contributed by atoms with Crippen LogP contribution < -0.4 is 5.73 Å². The average Bonchev–Trinajstić information content (AvgIpc) is 2.36. The van der Waals surface area contributed by atoms with Crippen molar-refractivity contribution in [3.05, 3.63) is 33.8 Å². The van der Waals surface area contributed by atoms with Crippen LogP contribution in [0.1, 0.15) is 29.6 Å². The van der Waals surface area contributed by atoms with E-state index in [1.165, 1.54) is 6.07 Å². The molecule has 0 radical (unpaired) electrons. The lowest BCUT2D eigenvalue weighted by Gasteiger charge is -2.04. The number of aliphatic imine (C=N–C) groups is 1. The molecule has 1 rings (SSSR count). The summed E-state index contributed by atoms with van der Waals surface area (Å²) in [5.41, 5.74) is 6.02. The van der Waals surface area contributed by atoms with Gasteiger partial charge in [0.05, 0.1) is 17.4 Å². The van der Waals surface area contributed by atoms with Gasteiger partial charge < -0.3 is 10.5 Å². The van der Waals surface area contributed by atoms with Crippen molar-refractivity contribution in [2.45, 2.75) is 19.3 Å². The lowest BCUT2D eigenvalue weighted by molar-refractivity contribution is -0.106. The predicted octanol–water partition coefficient (Wildman–Crippen LogP) is 2.90. The quantitative estimate of drug-likeness (QED) is 0.364. The first kappa shape index (κ1) is 15.7. The Morgan fingerprint density at radius 1 is 1.32 bits per heavy atom. The minimum atomic E-state index is -0.0649. The number of hydrogen-bond donors (Lipinski definition) is 1. The van der Waals surface area contributed by atoms with Crippen LogP contribution >= 0.6 is 23.2 Å². The fourth-order valence-electron chi connectivity index (χ4n) is 1.51. The fraction of sp³-hybridized carbons (Fsp3) is 0.308. The molecule has 0 saturated carbocycles. The zero-order chi connectivity index (χ0) is 14.3. The number of amidine groups is 1. The monoisotopic (exact) mass is 300 g/mol. The van der Waals surface area contributed by atoms with Crippen LogP contribution in [0.5, 0.6) is 0 Å². The first-order valence-electron chi connectivity index (χ1n) is 5.75. The number of nitrogens with zero attached hydrogens (tertiary/aromatic N) is 1. The molecule has 0 aliphatic carbocycles. The number of rotatable bonds is 7. The summed E-state index contributed by atoms with van der Waals surface area (Å²) in [7, 11) is 0. The number of ketones is 1. The maximum atomic E-state index is 11.9. The number of carbonyl (C=O) groups is 2. The second-order valence-electron chi connectivity index (χ2n) is 3.90. The highest BCUT2D eigenvalue weighted by molar-refractivity contribution is 6.36. The highest BCUT2D eigenvalue weighted by Gasteiger charge is 2.10. The Morgan fingerprint density at radius 3 is 2.68 bits per heavy atom. The Balaban J connectivity index is 2.49. The standard InChI is InChI=1S/C13H14Cl2N2O2/c14-9-4-5-10(11(15)8-9)12(19)2-1-3-13(16)17-6-7-18/h4-5,7-8H,1-3,6H2,(H2,16,17). The molecule has 1 aromatic rings. The van der Waals surface area contributed by atoms with Gasteiger partial charge >= 0.3 is 0 Å². The van der Waals surface area contributed by atoms with Crippen molar-refractivity contribution >= 4 is 41.1 Å². The van der Waals surface area contributed by atoms with Crippen LogP contribution in [0.2, 0.25) is 10.0 Å². The van der Waals surface area contributed by atoms with E-state index in [0.717, 1.165) is 0 Å². The molecule has 0 aliphatic heterocycles. The molecule has 4 nitrogen and oxygen atoms in total. The fourth-order valence-corrected chi connectivity index (χ4v) is 2.03. The van der Waals surface area contributed by atoms with Crippen LogP contribution in [0.25, 0.3) is 0 Å². The van der Waals surface area contributed by atoms with E-state index in [4.69, 9.17) is 28.9 Å². The van der Waals surface area contributed by atoms with Crippen molar-refractivity contribution in [3.63, 3.8) is 0 Å². The minimum Gasteiger partial charge on any atom is -0.387 e. The van der Waals surface area contributed by atoms with Gasteiger partial charge in [-0.2, -0.15) is 0 Å². The van der Waals surface area contributed by atoms with Crippen molar-refractivity contribution in [1.82, 2.24) is 0 Å². The van der Waals surface area contributed by atoms with Crippen LogP contribution in [-0.4, -0.2) is 24.4 Å². The van der Waals surface area contributed by atoms with Crippen LogP contribution in [0, 0.1) is 0 Å². The van der Waals surface area contributed by atoms with Gasteiger partial charge in [-0.3, -0.25) is 9.79 Å². The van der Waals surface area contributed by atoms with Crippen LogP contribution in [0.15, 0.2) is 23.2 Å². The van der Waals surface area contributed by atoms with Crippen molar-refractivity contribution in [2.24, 2.45) is 10.7 Å². The first-order valence-corrected chi connectivity index (χ1v) is 6.51. The Hall–Kier alpha value is -1.39. The van der Waals surface area contributed by atoms with Gasteiger partial charge in [0.25, 0.3) is 0 Å². The smallest absolute Gasteiger partial charge is 0.164 e. The largest absolute Gasteiger partial charge is 0.387 e. The third-order valence-electron chi connectivity index (χ3n) is 2.44. The second-order valence-corrected chi connectivity index (χ2v) is 4.74. The van der Waals surface area contributed by atoms with Crippen LogP contribution in [0.4, 0.5) is 0 Å². The number of Topliss-reactive ketones (excluding diaryl/α,β-unsaturated/α-hetero) is 1. The molecule has 19 heavy (non-hydrogen) atoms. The third kappa shape index (κ3) is 5.41. The van der Waals surface area contributed by atoms with Gasteiger partial charge in [0.1, 0.15) is 6.29 Å². The van der Waals surface area contributed by atoms with E-state index in [2.05, 4.69) is 4.99 Å². The molecule has 0 saturated heterocycles. The molecule has 1 aromatic carbocycles. The Kier molecular flexibility index (Phi) is 6.53. The molecule has 0 aromatic heterocycles. The summed E-state index contributed by atoms with van der Waals surface area (Å²) in [5.74, 6) is 0.312. The molecule has 0 amide bonds. The van der Waals surface area contributed by atoms with Crippen molar-refractivity contribution in [1.29, 1.82) is 0 Å². The van der Waals surface area contributed by atoms with E-state index in [0.29, 0.717) is 47.0 Å². The molecule has 2 N–H and O–H groups in total. The summed E-state index contributed by atoms with van der Waals surface area (Å²) in [6.45, 7) is 0.0583. The lowest BCUT2D eigenvalue weighted by Crippen LogP contribution is -2.13. The summed E-state index contributed by atoms with van der Waals surface area (Å²) >= 11 is 11.7. The Morgan fingerprint density at radius 2 is 2.05 bits per heavy atom. The van der Waals surface area contributed by atoms with Gasteiger partial charge in [0.2, 0.25) is 0 Å². The molecule has 0 unspecified atom stereocenters. The topological polar surface area (TPSA) is 72.5 Å². The molecule has 102 valence electrons. The SMILES string of the molecule is NC(CCCC(=O)c1ccc(Cl)cc1Cl)=NCC=O. The van der Waals surface area contributed by atoms with Gasteiger partial charge in [0.15, 0.2) is 5.78 Å². The zero-order valence-electron chi connectivity index (χ0n) is 10.2. The first-order chi connectivity index (χ1) is 9.04. The Bertz CT molecular complexity index is 501. The highest BCUT2D eigenvalue weighted by atomic mass is 35.5. The van der Waals surface area contributed by atoms with E-state index in [-0.39, 0.29) is 12.3 Å². The number of carbonyl (C=O) groups excluding carboxylic acids is 2. The maximum Gasteiger partial charge on any atom is 0.164 e. The summed E-state index contributed by atoms with van der Waals surface area (Å²) in [5, 5.41) is 0.840. The van der Waals surface area contributed by atoms with Crippen molar-refractivity contribution in [3.8, 4) is 0 Å². The minimum absolute atomic E-state index is 0.0583. The van der Waals surface area contributed by atoms with E-state index in [1.54, 1.807) is 12.1 Å². The summed E-state index contributed by atoms with van der Waals surface area (Å²) in [6, 6.07) is 4.77. The average molecular weight is 301 g/mol. The molecule has 0 fully saturated rings. The molecule has 0 heterocycles. The maximum absolute atomic E-state index is 11.9. The van der Waals surface area contributed by atoms with Crippen LogP contribution in [0.3, 0.4) is 0 Å². The van der Waals surface area contributed by atoms with E-state index < -0.39 is 0 Å². The molecule has 0 atom stereocenters. The summed E-state index contributed by atoms with van der Waals surface area (Å²) in [6.07, 6.45) is 2.03.